The van der Waals surface area contributed by atoms with Gasteiger partial charge in [0.05, 0.1) is 12.0 Å². The summed E-state index contributed by atoms with van der Waals surface area (Å²) in [5.74, 6) is 2.10. The lowest BCUT2D eigenvalue weighted by molar-refractivity contribution is -0.122. The number of carbonyl (C=O) groups excluding carboxylic acids is 1. The van der Waals surface area contributed by atoms with Gasteiger partial charge < -0.3 is 11.1 Å². The van der Waals surface area contributed by atoms with E-state index in [9.17, 15) is 4.79 Å². The quantitative estimate of drug-likeness (QED) is 0.748. The Hall–Kier alpha value is -1.79. The van der Waals surface area contributed by atoms with E-state index in [0.29, 0.717) is 6.42 Å². The van der Waals surface area contributed by atoms with E-state index in [1.165, 1.54) is 0 Å². The van der Waals surface area contributed by atoms with Crippen LogP contribution in [0.3, 0.4) is 0 Å². The first kappa shape index (κ1) is 13.3. The van der Waals surface area contributed by atoms with Crippen molar-refractivity contribution in [2.24, 2.45) is 5.73 Å². The summed E-state index contributed by atoms with van der Waals surface area (Å²) in [6.07, 6.45) is 6.03. The number of nitrogens with two attached hydrogens (primary N) is 1. The van der Waals surface area contributed by atoms with Crippen molar-refractivity contribution >= 4 is 5.91 Å². The Kier molecular flexibility index (Phi) is 5.25. The number of hydrogen-bond acceptors (Lipinski definition) is 2. The zero-order chi connectivity index (χ0) is 12.7. The molecular formula is C14H18N2O. The lowest BCUT2D eigenvalue weighted by Gasteiger charge is -2.18. The lowest BCUT2D eigenvalue weighted by atomic mass is 9.98. The van der Waals surface area contributed by atoms with Crippen LogP contribution in [0.4, 0.5) is 0 Å². The molecule has 0 heterocycles. The molecule has 1 rings (SSSR count). The third kappa shape index (κ3) is 3.61. The molecule has 3 heteroatoms. The van der Waals surface area contributed by atoms with Crippen molar-refractivity contribution in [2.75, 3.05) is 6.54 Å². The lowest BCUT2D eigenvalue weighted by Crippen LogP contribution is -2.39. The smallest absolute Gasteiger partial charge is 0.229 e. The predicted octanol–water partition coefficient (Wildman–Crippen LogP) is 1.26. The van der Waals surface area contributed by atoms with Gasteiger partial charge in [-0.1, -0.05) is 43.2 Å². The van der Waals surface area contributed by atoms with Crippen LogP contribution in [0.2, 0.25) is 0 Å². The number of benzene rings is 1. The second-order valence-corrected chi connectivity index (χ2v) is 3.84. The Bertz CT molecular complexity index is 394. The van der Waals surface area contributed by atoms with E-state index < -0.39 is 0 Å². The van der Waals surface area contributed by atoms with Crippen LogP contribution in [0.1, 0.15) is 24.8 Å². The highest BCUT2D eigenvalue weighted by Gasteiger charge is 2.20. The Morgan fingerprint density at radius 2 is 2.12 bits per heavy atom. The Morgan fingerprint density at radius 1 is 1.47 bits per heavy atom. The monoisotopic (exact) mass is 230 g/mol. The average molecular weight is 230 g/mol. The first-order valence-corrected chi connectivity index (χ1v) is 5.74. The average Bonchev–Trinajstić information content (AvgIpc) is 2.38. The molecule has 0 aromatic heterocycles. The molecule has 3 N–H and O–H groups in total. The fourth-order valence-corrected chi connectivity index (χ4v) is 1.61. The van der Waals surface area contributed by atoms with Crippen LogP contribution in [0.25, 0.3) is 0 Å². The number of carbonyl (C=O) groups is 1. The molecule has 1 aromatic carbocycles. The van der Waals surface area contributed by atoms with Crippen LogP contribution < -0.4 is 11.1 Å². The molecule has 2 unspecified atom stereocenters. The molecule has 0 spiro atoms. The maximum Gasteiger partial charge on any atom is 0.229 e. The summed E-state index contributed by atoms with van der Waals surface area (Å²) in [6, 6.07) is 9.26. The fourth-order valence-electron chi connectivity index (χ4n) is 1.61. The highest BCUT2D eigenvalue weighted by Crippen LogP contribution is 2.14. The van der Waals surface area contributed by atoms with Crippen LogP contribution in [-0.4, -0.2) is 18.5 Å². The van der Waals surface area contributed by atoms with Crippen LogP contribution in [-0.2, 0) is 4.79 Å². The summed E-state index contributed by atoms with van der Waals surface area (Å²) in [4.78, 5) is 12.0. The van der Waals surface area contributed by atoms with Gasteiger partial charge in [-0.15, -0.1) is 6.42 Å². The summed E-state index contributed by atoms with van der Waals surface area (Å²) in [5.41, 5.74) is 6.57. The molecular weight excluding hydrogens is 212 g/mol. The molecule has 0 aliphatic carbocycles. The minimum Gasteiger partial charge on any atom is -0.342 e. The molecule has 1 amide bonds. The van der Waals surface area contributed by atoms with Crippen LogP contribution in [0.5, 0.6) is 0 Å². The Labute approximate surface area is 102 Å². The van der Waals surface area contributed by atoms with Crippen molar-refractivity contribution in [1.29, 1.82) is 0 Å². The van der Waals surface area contributed by atoms with E-state index >= 15 is 0 Å². The molecule has 0 aliphatic heterocycles. The summed E-state index contributed by atoms with van der Waals surface area (Å²) in [7, 11) is 0. The molecule has 0 bridgehead atoms. The van der Waals surface area contributed by atoms with Crippen LogP contribution in [0, 0.1) is 12.3 Å². The van der Waals surface area contributed by atoms with Crippen molar-refractivity contribution in [1.82, 2.24) is 5.32 Å². The van der Waals surface area contributed by atoms with Gasteiger partial charge in [0.2, 0.25) is 5.91 Å². The first-order valence-electron chi connectivity index (χ1n) is 5.74. The van der Waals surface area contributed by atoms with Gasteiger partial charge >= 0.3 is 0 Å². The van der Waals surface area contributed by atoms with Crippen molar-refractivity contribution in [3.63, 3.8) is 0 Å². The topological polar surface area (TPSA) is 55.1 Å². The van der Waals surface area contributed by atoms with E-state index in [2.05, 4.69) is 11.2 Å². The van der Waals surface area contributed by atoms with Crippen LogP contribution >= 0.6 is 0 Å². The minimum absolute atomic E-state index is 0.108. The Balaban J connectivity index is 2.76. The molecule has 0 radical (unpaired) electrons. The zero-order valence-electron chi connectivity index (χ0n) is 10.0. The molecule has 2 atom stereocenters. The molecule has 90 valence electrons. The van der Waals surface area contributed by atoms with Gasteiger partial charge in [0.1, 0.15) is 0 Å². The third-order valence-electron chi connectivity index (χ3n) is 2.68. The van der Waals surface area contributed by atoms with E-state index in [0.717, 1.165) is 5.56 Å². The van der Waals surface area contributed by atoms with Crippen molar-refractivity contribution in [2.45, 2.75) is 25.3 Å². The predicted molar refractivity (Wildman–Crippen MR) is 69.3 cm³/mol. The highest BCUT2D eigenvalue weighted by molar-refractivity contribution is 5.84. The fraction of sp³-hybridized carbons (Fsp3) is 0.357. The van der Waals surface area contributed by atoms with Gasteiger partial charge in [-0.05, 0) is 12.0 Å². The maximum absolute atomic E-state index is 12.0. The minimum atomic E-state index is -0.335. The normalized spacial score (nSPS) is 13.5. The van der Waals surface area contributed by atoms with E-state index in [1.807, 2.05) is 37.3 Å². The number of amides is 1. The summed E-state index contributed by atoms with van der Waals surface area (Å²) < 4.78 is 0. The number of terminal acetylenes is 1. The van der Waals surface area contributed by atoms with E-state index in [-0.39, 0.29) is 24.4 Å². The van der Waals surface area contributed by atoms with Crippen molar-refractivity contribution in [3.8, 4) is 12.3 Å². The highest BCUT2D eigenvalue weighted by atomic mass is 16.1. The molecule has 17 heavy (non-hydrogen) atoms. The van der Waals surface area contributed by atoms with Gasteiger partial charge in [-0.25, -0.2) is 0 Å². The van der Waals surface area contributed by atoms with Crippen LogP contribution in [0.15, 0.2) is 30.3 Å². The molecule has 1 aromatic rings. The SMILES string of the molecule is C#CC(CC)NC(=O)C(CN)c1ccccc1. The van der Waals surface area contributed by atoms with Gasteiger partial charge in [0.15, 0.2) is 0 Å². The van der Waals surface area contributed by atoms with Gasteiger partial charge in [-0.3, -0.25) is 4.79 Å². The Morgan fingerprint density at radius 3 is 2.59 bits per heavy atom. The molecule has 3 nitrogen and oxygen atoms in total. The van der Waals surface area contributed by atoms with E-state index in [4.69, 9.17) is 12.2 Å². The number of hydrogen-bond donors (Lipinski definition) is 2. The molecule has 0 fully saturated rings. The van der Waals surface area contributed by atoms with Crippen molar-refractivity contribution < 1.29 is 4.79 Å². The molecule has 0 aliphatic rings. The van der Waals surface area contributed by atoms with Crippen molar-refractivity contribution in [3.05, 3.63) is 35.9 Å². The standard InChI is InChI=1S/C14H18N2O/c1-3-12(4-2)16-14(17)13(10-15)11-8-6-5-7-9-11/h1,5-9,12-13H,4,10,15H2,2H3,(H,16,17). The van der Waals surface area contributed by atoms with Gasteiger partial charge in [0.25, 0.3) is 0 Å². The second kappa shape index (κ2) is 6.72. The molecule has 0 saturated heterocycles. The zero-order valence-corrected chi connectivity index (χ0v) is 10.0. The third-order valence-corrected chi connectivity index (χ3v) is 2.68. The number of nitrogens with one attached hydrogen (secondary N) is 1. The van der Waals surface area contributed by atoms with E-state index in [1.54, 1.807) is 0 Å². The number of rotatable bonds is 5. The summed E-state index contributed by atoms with van der Waals surface area (Å²) in [5, 5.41) is 2.81. The second-order valence-electron chi connectivity index (χ2n) is 3.84. The first-order chi connectivity index (χ1) is 8.22. The maximum atomic E-state index is 12.0. The van der Waals surface area contributed by atoms with Gasteiger partial charge in [0, 0.05) is 6.54 Å². The van der Waals surface area contributed by atoms with Gasteiger partial charge in [-0.2, -0.15) is 0 Å². The summed E-state index contributed by atoms with van der Waals surface area (Å²) in [6.45, 7) is 2.21. The summed E-state index contributed by atoms with van der Waals surface area (Å²) >= 11 is 0. The molecule has 0 saturated carbocycles. The largest absolute Gasteiger partial charge is 0.342 e.